The zero-order valence-corrected chi connectivity index (χ0v) is 33.3. The lowest BCUT2D eigenvalue weighted by molar-refractivity contribution is -0.137. The Morgan fingerprint density at radius 1 is 0.583 bits per heavy atom. The number of hydrogen-bond acceptors (Lipinski definition) is 15. The van der Waals surface area contributed by atoms with Crippen molar-refractivity contribution in [2.75, 3.05) is 32.9 Å². The first-order valence-corrected chi connectivity index (χ1v) is 19.0. The largest absolute Gasteiger partial charge is 0.394 e. The molecule has 0 aliphatic rings. The second-order valence-electron chi connectivity index (χ2n) is 13.7. The molecular formula is C36H59N11O13. The first kappa shape index (κ1) is 52.2. The van der Waals surface area contributed by atoms with E-state index in [9.17, 15) is 58.5 Å². The molecule has 24 heteroatoms. The fourth-order valence-corrected chi connectivity index (χ4v) is 5.19. The molecule has 0 bridgehead atoms. The number of aliphatic hydroxyl groups excluding tert-OH is 4. The molecule has 8 atom stereocenters. The molecule has 0 saturated carbocycles. The number of rotatable bonds is 29. The van der Waals surface area contributed by atoms with Crippen molar-refractivity contribution in [3.8, 4) is 0 Å². The summed E-state index contributed by atoms with van der Waals surface area (Å²) in [5, 5.41) is 55.0. The summed E-state index contributed by atoms with van der Waals surface area (Å²) in [6.45, 7) is -0.933. The number of carbonyl (C=O) groups excluding carboxylic acids is 9. The predicted molar refractivity (Wildman–Crippen MR) is 211 cm³/mol. The quantitative estimate of drug-likeness (QED) is 0.0333. The molecule has 1 rings (SSSR count). The van der Waals surface area contributed by atoms with Gasteiger partial charge in [-0.1, -0.05) is 30.3 Å². The Hall–Kier alpha value is -5.79. The van der Waals surface area contributed by atoms with Crippen molar-refractivity contribution in [1.29, 1.82) is 0 Å². The number of aliphatic hydroxyl groups is 4. The number of nitrogens with one attached hydrogen (secondary N) is 7. The van der Waals surface area contributed by atoms with Crippen LogP contribution in [0.3, 0.4) is 0 Å². The van der Waals surface area contributed by atoms with Gasteiger partial charge >= 0.3 is 0 Å². The molecule has 0 saturated heterocycles. The van der Waals surface area contributed by atoms with Crippen molar-refractivity contribution in [3.05, 3.63) is 35.9 Å². The second-order valence-corrected chi connectivity index (χ2v) is 13.7. The van der Waals surface area contributed by atoms with Crippen LogP contribution in [-0.2, 0) is 49.6 Å². The van der Waals surface area contributed by atoms with E-state index in [1.54, 1.807) is 30.3 Å². The lowest BCUT2D eigenvalue weighted by Gasteiger charge is -2.27. The Morgan fingerprint density at radius 2 is 1.08 bits per heavy atom. The first-order chi connectivity index (χ1) is 28.3. The fraction of sp³-hybridized carbons (Fsp3) is 0.583. The van der Waals surface area contributed by atoms with E-state index in [0.29, 0.717) is 12.8 Å². The molecule has 0 aliphatic heterocycles. The van der Waals surface area contributed by atoms with Gasteiger partial charge in [0.1, 0.15) is 42.3 Å². The van der Waals surface area contributed by atoms with E-state index < -0.39 is 121 Å². The molecule has 0 spiro atoms. The molecule has 60 heavy (non-hydrogen) atoms. The summed E-state index contributed by atoms with van der Waals surface area (Å²) in [6, 6.07) is -1.14. The molecule has 1 aromatic rings. The first-order valence-electron chi connectivity index (χ1n) is 19.0. The van der Waals surface area contributed by atoms with E-state index >= 15 is 0 Å². The van der Waals surface area contributed by atoms with Crippen LogP contribution in [0.4, 0.5) is 0 Å². The van der Waals surface area contributed by atoms with Gasteiger partial charge in [-0.2, -0.15) is 0 Å². The van der Waals surface area contributed by atoms with Gasteiger partial charge in [-0.25, -0.2) is 0 Å². The number of benzene rings is 1. The van der Waals surface area contributed by atoms with Crippen LogP contribution in [0.2, 0.25) is 0 Å². The SMILES string of the molecule is C[C@@H](O)[C@H](NC(=O)[C@H](CCC(N)=O)NC(=O)[C@@H](N)CO)C(=O)N[C@@H](CO)C(=O)N[C@@H](CCC(=O)NCCCCNC(=O)[C@H](Cc1ccccc1)NC(=O)[C@@H](N)CO)C(N)=O. The van der Waals surface area contributed by atoms with Gasteiger partial charge in [0.05, 0.1) is 25.9 Å². The van der Waals surface area contributed by atoms with E-state index in [1.165, 1.54) is 0 Å². The maximum atomic E-state index is 13.1. The van der Waals surface area contributed by atoms with E-state index in [1.807, 2.05) is 0 Å². The molecule has 0 aromatic heterocycles. The number of carbonyl (C=O) groups is 9. The van der Waals surface area contributed by atoms with Crippen LogP contribution in [0.1, 0.15) is 51.0 Å². The van der Waals surface area contributed by atoms with Crippen molar-refractivity contribution < 1.29 is 63.6 Å². The minimum atomic E-state index is -1.79. The summed E-state index contributed by atoms with van der Waals surface area (Å²) in [6.07, 6.45) is -1.91. The molecule has 0 aliphatic carbocycles. The molecule has 9 amide bonds. The van der Waals surface area contributed by atoms with E-state index in [2.05, 4.69) is 37.2 Å². The Bertz CT molecular complexity index is 1600. The molecule has 1 aromatic carbocycles. The molecular weight excluding hydrogens is 794 g/mol. The van der Waals surface area contributed by atoms with E-state index in [-0.39, 0.29) is 45.2 Å². The van der Waals surface area contributed by atoms with Crippen LogP contribution in [0, 0.1) is 0 Å². The third-order valence-corrected chi connectivity index (χ3v) is 8.72. The van der Waals surface area contributed by atoms with Gasteiger partial charge in [0.15, 0.2) is 0 Å². The Kier molecular flexibility index (Phi) is 24.2. The maximum Gasteiger partial charge on any atom is 0.245 e. The molecule has 0 unspecified atom stereocenters. The summed E-state index contributed by atoms with van der Waals surface area (Å²) >= 11 is 0. The summed E-state index contributed by atoms with van der Waals surface area (Å²) in [5.74, 6) is -7.91. The van der Waals surface area contributed by atoms with Crippen molar-refractivity contribution in [3.63, 3.8) is 0 Å². The zero-order chi connectivity index (χ0) is 45.4. The standard InChI is InChI=1S/C36H59N11O13/c1-19(51)29(47-34(58)24(9-11-27(39)52)44-31(55)21(37)16-48)36(60)46-26(18-50)35(59)43-23(30(40)54)10-12-28(53)41-13-5-6-14-42-33(57)25(45-32(56)22(38)17-49)15-20-7-3-2-4-8-20/h2-4,7-8,19,21-26,29,48-51H,5-6,9-18,37-38H2,1H3,(H2,39,52)(H2,40,54)(H,41,53)(H,42,57)(H,43,59)(H,44,55)(H,45,56)(H,46,60)(H,47,58)/t19-,21+,22+,23+,24+,25+,26+,29+/m1/s1. The molecule has 19 N–H and O–H groups in total. The van der Waals surface area contributed by atoms with Gasteiger partial charge < -0.3 is 80.6 Å². The Morgan fingerprint density at radius 3 is 1.60 bits per heavy atom. The summed E-state index contributed by atoms with van der Waals surface area (Å²) < 4.78 is 0. The predicted octanol–water partition coefficient (Wildman–Crippen LogP) is -7.79. The van der Waals surface area contributed by atoms with Crippen molar-refractivity contribution >= 4 is 53.2 Å². The topological polar surface area (TPSA) is 423 Å². The normalized spacial score (nSPS) is 14.9. The van der Waals surface area contributed by atoms with Crippen molar-refractivity contribution in [2.45, 2.75) is 100 Å². The van der Waals surface area contributed by atoms with Crippen LogP contribution >= 0.6 is 0 Å². The molecule has 336 valence electrons. The Balaban J connectivity index is 2.69. The highest BCUT2D eigenvalue weighted by Gasteiger charge is 2.34. The van der Waals surface area contributed by atoms with Crippen LogP contribution in [0.15, 0.2) is 30.3 Å². The van der Waals surface area contributed by atoms with E-state index in [0.717, 1.165) is 12.5 Å². The number of nitrogens with two attached hydrogens (primary N) is 4. The lowest BCUT2D eigenvalue weighted by atomic mass is 10.0. The van der Waals surface area contributed by atoms with Gasteiger partial charge in [-0.3, -0.25) is 43.2 Å². The summed E-state index contributed by atoms with van der Waals surface area (Å²) in [4.78, 5) is 112. The zero-order valence-electron chi connectivity index (χ0n) is 33.3. The molecule has 0 heterocycles. The van der Waals surface area contributed by atoms with E-state index in [4.69, 9.17) is 28.0 Å². The third kappa shape index (κ3) is 19.8. The van der Waals surface area contributed by atoms with Gasteiger partial charge in [0.25, 0.3) is 0 Å². The highest BCUT2D eigenvalue weighted by molar-refractivity contribution is 5.96. The van der Waals surface area contributed by atoms with Gasteiger partial charge in [0.2, 0.25) is 53.2 Å². The monoisotopic (exact) mass is 853 g/mol. The fourth-order valence-electron chi connectivity index (χ4n) is 5.19. The average Bonchev–Trinajstić information content (AvgIpc) is 3.21. The van der Waals surface area contributed by atoms with Gasteiger partial charge in [-0.05, 0) is 38.2 Å². The third-order valence-electron chi connectivity index (χ3n) is 8.72. The minimum Gasteiger partial charge on any atom is -0.394 e. The van der Waals surface area contributed by atoms with Crippen LogP contribution in [0.25, 0.3) is 0 Å². The smallest absolute Gasteiger partial charge is 0.245 e. The number of primary amides is 2. The highest BCUT2D eigenvalue weighted by Crippen LogP contribution is 2.06. The maximum absolute atomic E-state index is 13.1. The second kappa shape index (κ2) is 27.8. The number of hydrogen-bond donors (Lipinski definition) is 15. The summed E-state index contributed by atoms with van der Waals surface area (Å²) in [7, 11) is 0. The molecule has 24 nitrogen and oxygen atoms in total. The number of amides is 9. The molecule has 0 radical (unpaired) electrons. The lowest BCUT2D eigenvalue weighted by Crippen LogP contribution is -2.61. The van der Waals surface area contributed by atoms with Crippen molar-refractivity contribution in [2.24, 2.45) is 22.9 Å². The highest BCUT2D eigenvalue weighted by atomic mass is 16.3. The summed E-state index contributed by atoms with van der Waals surface area (Å²) in [5.41, 5.74) is 22.4. The van der Waals surface area contributed by atoms with Crippen molar-refractivity contribution in [1.82, 2.24) is 37.2 Å². The van der Waals surface area contributed by atoms with Crippen LogP contribution < -0.4 is 60.2 Å². The van der Waals surface area contributed by atoms with Gasteiger partial charge in [0, 0.05) is 32.4 Å². The van der Waals surface area contributed by atoms with Crippen LogP contribution in [0.5, 0.6) is 0 Å². The Labute approximate surface area is 345 Å². The average molecular weight is 854 g/mol. The number of unbranched alkanes of at least 4 members (excludes halogenated alkanes) is 1. The van der Waals surface area contributed by atoms with Gasteiger partial charge in [-0.15, -0.1) is 0 Å². The van der Waals surface area contributed by atoms with Crippen LogP contribution in [-0.4, -0.2) is 155 Å². The minimum absolute atomic E-state index is 0.173. The molecule has 0 fully saturated rings.